The first kappa shape index (κ1) is 8.99. The highest BCUT2D eigenvalue weighted by Gasteiger charge is 2.35. The maximum Gasteiger partial charge on any atom is 0.328 e. The minimum atomic E-state index is -0.167. The van der Waals surface area contributed by atoms with Gasteiger partial charge in [0.1, 0.15) is 6.04 Å². The van der Waals surface area contributed by atoms with Crippen LogP contribution in [-0.2, 0) is 9.53 Å². The van der Waals surface area contributed by atoms with E-state index >= 15 is 0 Å². The molecule has 14 heavy (non-hydrogen) atoms. The number of anilines is 1. The summed E-state index contributed by atoms with van der Waals surface area (Å²) in [5.41, 5.74) is 0.981. The van der Waals surface area contributed by atoms with Crippen LogP contribution in [0.3, 0.4) is 0 Å². The van der Waals surface area contributed by atoms with Gasteiger partial charge in [0, 0.05) is 12.7 Å². The standard InChI is InChI=1S/C10H12N2O2/c1-14-10(13)9-4-6-12(9)8-3-2-5-11-7-8/h2-3,5,7,9H,4,6H2,1H3. The summed E-state index contributed by atoms with van der Waals surface area (Å²) in [6.07, 6.45) is 4.34. The molecular weight excluding hydrogens is 180 g/mol. The Labute approximate surface area is 82.5 Å². The van der Waals surface area contributed by atoms with E-state index in [2.05, 4.69) is 4.98 Å². The van der Waals surface area contributed by atoms with Gasteiger partial charge in [-0.05, 0) is 18.6 Å². The largest absolute Gasteiger partial charge is 0.467 e. The van der Waals surface area contributed by atoms with E-state index in [4.69, 9.17) is 4.74 Å². The van der Waals surface area contributed by atoms with Gasteiger partial charge in [-0.3, -0.25) is 4.98 Å². The van der Waals surface area contributed by atoms with Gasteiger partial charge in [0.05, 0.1) is 19.0 Å². The van der Waals surface area contributed by atoms with Crippen LogP contribution in [0.2, 0.25) is 0 Å². The van der Waals surface area contributed by atoms with Crippen LogP contribution in [0, 0.1) is 0 Å². The lowest BCUT2D eigenvalue weighted by Crippen LogP contribution is -2.53. The Morgan fingerprint density at radius 3 is 3.07 bits per heavy atom. The van der Waals surface area contributed by atoms with Gasteiger partial charge >= 0.3 is 5.97 Å². The highest BCUT2D eigenvalue weighted by atomic mass is 16.5. The van der Waals surface area contributed by atoms with Gasteiger partial charge in [0.2, 0.25) is 0 Å². The molecule has 1 fully saturated rings. The number of esters is 1. The first-order chi connectivity index (χ1) is 6.83. The van der Waals surface area contributed by atoms with Crippen LogP contribution < -0.4 is 4.90 Å². The fourth-order valence-corrected chi connectivity index (χ4v) is 1.60. The van der Waals surface area contributed by atoms with Crippen molar-refractivity contribution >= 4 is 11.7 Å². The SMILES string of the molecule is COC(=O)C1CCN1c1cccnc1. The summed E-state index contributed by atoms with van der Waals surface area (Å²) < 4.78 is 4.70. The van der Waals surface area contributed by atoms with Crippen molar-refractivity contribution in [2.24, 2.45) is 0 Å². The molecule has 4 heteroatoms. The van der Waals surface area contributed by atoms with Crippen LogP contribution in [0.25, 0.3) is 0 Å². The third-order valence-electron chi connectivity index (χ3n) is 2.47. The molecule has 1 aromatic rings. The molecule has 2 rings (SSSR count). The van der Waals surface area contributed by atoms with Crippen molar-refractivity contribution in [3.63, 3.8) is 0 Å². The number of nitrogens with zero attached hydrogens (tertiary/aromatic N) is 2. The normalized spacial score (nSPS) is 20.1. The van der Waals surface area contributed by atoms with Gasteiger partial charge in [0.25, 0.3) is 0 Å². The topological polar surface area (TPSA) is 42.4 Å². The zero-order valence-electron chi connectivity index (χ0n) is 8.01. The number of ether oxygens (including phenoxy) is 1. The molecule has 1 unspecified atom stereocenters. The smallest absolute Gasteiger partial charge is 0.328 e. The van der Waals surface area contributed by atoms with E-state index in [-0.39, 0.29) is 12.0 Å². The van der Waals surface area contributed by atoms with E-state index in [1.807, 2.05) is 17.0 Å². The second kappa shape index (κ2) is 3.65. The van der Waals surface area contributed by atoms with Crippen molar-refractivity contribution in [1.82, 2.24) is 4.98 Å². The fraction of sp³-hybridized carbons (Fsp3) is 0.400. The monoisotopic (exact) mass is 192 g/mol. The predicted octanol–water partition coefficient (Wildman–Crippen LogP) is 0.833. The average molecular weight is 192 g/mol. The first-order valence-corrected chi connectivity index (χ1v) is 4.57. The first-order valence-electron chi connectivity index (χ1n) is 4.57. The number of methoxy groups -OCH3 is 1. The molecule has 1 aromatic heterocycles. The second-order valence-electron chi connectivity index (χ2n) is 3.23. The third kappa shape index (κ3) is 1.43. The van der Waals surface area contributed by atoms with E-state index < -0.39 is 0 Å². The Bertz CT molecular complexity index is 326. The van der Waals surface area contributed by atoms with Crippen LogP contribution in [0.1, 0.15) is 6.42 Å². The Kier molecular flexibility index (Phi) is 2.35. The summed E-state index contributed by atoms with van der Waals surface area (Å²) in [4.78, 5) is 17.3. The van der Waals surface area contributed by atoms with Crippen LogP contribution in [0.5, 0.6) is 0 Å². The van der Waals surface area contributed by atoms with E-state index in [9.17, 15) is 4.79 Å². The Balaban J connectivity index is 2.10. The van der Waals surface area contributed by atoms with Crippen LogP contribution in [-0.4, -0.2) is 30.6 Å². The number of carbonyl (C=O) groups excluding carboxylic acids is 1. The minimum absolute atomic E-state index is 0.121. The van der Waals surface area contributed by atoms with Crippen molar-refractivity contribution in [2.45, 2.75) is 12.5 Å². The van der Waals surface area contributed by atoms with Crippen molar-refractivity contribution < 1.29 is 9.53 Å². The van der Waals surface area contributed by atoms with Crippen LogP contribution in [0.4, 0.5) is 5.69 Å². The molecule has 1 saturated heterocycles. The summed E-state index contributed by atoms with van der Waals surface area (Å²) >= 11 is 0. The van der Waals surface area contributed by atoms with Gasteiger partial charge < -0.3 is 9.64 Å². The maximum absolute atomic E-state index is 11.3. The summed E-state index contributed by atoms with van der Waals surface area (Å²) in [6, 6.07) is 3.69. The lowest BCUT2D eigenvalue weighted by molar-refractivity contribution is -0.143. The number of pyridine rings is 1. The van der Waals surface area contributed by atoms with Gasteiger partial charge in [-0.2, -0.15) is 0 Å². The molecule has 1 atom stereocenters. The van der Waals surface area contributed by atoms with E-state index in [0.29, 0.717) is 0 Å². The summed E-state index contributed by atoms with van der Waals surface area (Å²) in [5, 5.41) is 0. The van der Waals surface area contributed by atoms with E-state index in [1.54, 1.807) is 12.4 Å². The van der Waals surface area contributed by atoms with E-state index in [0.717, 1.165) is 18.7 Å². The second-order valence-corrected chi connectivity index (χ2v) is 3.23. The fourth-order valence-electron chi connectivity index (χ4n) is 1.60. The van der Waals surface area contributed by atoms with Crippen LogP contribution in [0.15, 0.2) is 24.5 Å². The van der Waals surface area contributed by atoms with Crippen molar-refractivity contribution in [3.05, 3.63) is 24.5 Å². The highest BCUT2D eigenvalue weighted by molar-refractivity contribution is 5.81. The van der Waals surface area contributed by atoms with Crippen LogP contribution >= 0.6 is 0 Å². The number of carbonyl (C=O) groups is 1. The van der Waals surface area contributed by atoms with Gasteiger partial charge in [-0.25, -0.2) is 4.79 Å². The zero-order valence-corrected chi connectivity index (χ0v) is 8.01. The Morgan fingerprint density at radius 1 is 1.71 bits per heavy atom. The summed E-state index contributed by atoms with van der Waals surface area (Å²) in [6.45, 7) is 0.894. The summed E-state index contributed by atoms with van der Waals surface area (Å²) in [7, 11) is 1.42. The summed E-state index contributed by atoms with van der Waals surface area (Å²) in [5.74, 6) is -0.167. The van der Waals surface area contributed by atoms with E-state index in [1.165, 1.54) is 7.11 Å². The molecule has 0 spiro atoms. The maximum atomic E-state index is 11.3. The van der Waals surface area contributed by atoms with Crippen molar-refractivity contribution in [2.75, 3.05) is 18.6 Å². The number of hydrogen-bond acceptors (Lipinski definition) is 4. The van der Waals surface area contributed by atoms with Gasteiger partial charge in [0.15, 0.2) is 0 Å². The number of hydrogen-bond donors (Lipinski definition) is 0. The Hall–Kier alpha value is -1.58. The molecule has 1 aliphatic rings. The molecule has 0 amide bonds. The molecule has 2 heterocycles. The molecule has 0 saturated carbocycles. The zero-order chi connectivity index (χ0) is 9.97. The van der Waals surface area contributed by atoms with Crippen molar-refractivity contribution in [3.8, 4) is 0 Å². The number of rotatable bonds is 2. The molecule has 0 aliphatic carbocycles. The lowest BCUT2D eigenvalue weighted by Gasteiger charge is -2.40. The Morgan fingerprint density at radius 2 is 2.57 bits per heavy atom. The highest BCUT2D eigenvalue weighted by Crippen LogP contribution is 2.25. The molecule has 4 nitrogen and oxygen atoms in total. The molecule has 1 aliphatic heterocycles. The van der Waals surface area contributed by atoms with Gasteiger partial charge in [-0.1, -0.05) is 0 Å². The molecule has 0 radical (unpaired) electrons. The molecule has 74 valence electrons. The van der Waals surface area contributed by atoms with Crippen molar-refractivity contribution in [1.29, 1.82) is 0 Å². The third-order valence-corrected chi connectivity index (χ3v) is 2.47. The lowest BCUT2D eigenvalue weighted by atomic mass is 10.0. The number of aromatic nitrogens is 1. The quantitative estimate of drug-likeness (QED) is 0.651. The molecule has 0 bridgehead atoms. The predicted molar refractivity (Wildman–Crippen MR) is 52.0 cm³/mol. The average Bonchev–Trinajstić information content (AvgIpc) is 2.17. The molecule has 0 N–H and O–H groups in total. The molecular formula is C10H12N2O2. The minimum Gasteiger partial charge on any atom is -0.467 e. The molecule has 0 aromatic carbocycles. The van der Waals surface area contributed by atoms with Gasteiger partial charge in [-0.15, -0.1) is 0 Å².